The topological polar surface area (TPSA) is 24.9 Å². The lowest BCUT2D eigenvalue weighted by Crippen LogP contribution is -2.36. The molecule has 114 valence electrons. The lowest BCUT2D eigenvalue weighted by atomic mass is 9.94. The van der Waals surface area contributed by atoms with Crippen molar-refractivity contribution in [2.45, 2.75) is 45.7 Å². The van der Waals surface area contributed by atoms with Gasteiger partial charge >= 0.3 is 0 Å². The molecule has 0 unspecified atom stereocenters. The van der Waals surface area contributed by atoms with Crippen LogP contribution >= 0.6 is 22.9 Å². The summed E-state index contributed by atoms with van der Waals surface area (Å²) >= 11 is 7.85. The number of aromatic nitrogens is 1. The summed E-state index contributed by atoms with van der Waals surface area (Å²) in [5.74, 6) is -0.316. The first-order valence-corrected chi connectivity index (χ1v) is 8.32. The second kappa shape index (κ2) is 6.86. The van der Waals surface area contributed by atoms with E-state index in [1.165, 1.54) is 17.1 Å². The van der Waals surface area contributed by atoms with Crippen molar-refractivity contribution in [3.05, 3.63) is 50.7 Å². The average Bonchev–Trinajstić information content (AvgIpc) is 2.84. The van der Waals surface area contributed by atoms with E-state index in [9.17, 15) is 4.39 Å². The summed E-state index contributed by atoms with van der Waals surface area (Å²) in [5, 5.41) is 7.14. The number of nitrogens with one attached hydrogen (secondary N) is 1. The molecule has 1 heterocycles. The summed E-state index contributed by atoms with van der Waals surface area (Å²) in [4.78, 5) is 4.60. The molecule has 1 N–H and O–H groups in total. The summed E-state index contributed by atoms with van der Waals surface area (Å²) in [6.45, 7) is 6.89. The minimum Gasteiger partial charge on any atom is -0.302 e. The molecule has 5 heteroatoms. The molecule has 2 nitrogen and oxygen atoms in total. The van der Waals surface area contributed by atoms with Gasteiger partial charge in [-0.1, -0.05) is 24.6 Å². The summed E-state index contributed by atoms with van der Waals surface area (Å²) in [7, 11) is 0. The van der Waals surface area contributed by atoms with E-state index in [0.29, 0.717) is 11.6 Å². The van der Waals surface area contributed by atoms with E-state index in [2.05, 4.69) is 22.6 Å². The normalized spacial score (nSPS) is 11.9. The Hall–Kier alpha value is -0.970. The second-order valence-electron chi connectivity index (χ2n) is 5.59. The highest BCUT2D eigenvalue weighted by atomic mass is 35.5. The van der Waals surface area contributed by atoms with Crippen molar-refractivity contribution in [1.29, 1.82) is 0 Å². The summed E-state index contributed by atoms with van der Waals surface area (Å²) in [6, 6.07) is 4.52. The van der Waals surface area contributed by atoms with Gasteiger partial charge in [0.2, 0.25) is 0 Å². The van der Waals surface area contributed by atoms with Crippen LogP contribution in [0.1, 0.15) is 43.5 Å². The minimum atomic E-state index is -0.348. The van der Waals surface area contributed by atoms with Gasteiger partial charge in [0.25, 0.3) is 0 Å². The first-order valence-electron chi connectivity index (χ1n) is 7.06. The van der Waals surface area contributed by atoms with E-state index in [1.54, 1.807) is 17.4 Å². The Balaban J connectivity index is 2.06. The average molecular weight is 327 g/mol. The van der Waals surface area contributed by atoms with Gasteiger partial charge in [0.05, 0.1) is 10.7 Å². The molecule has 2 aromatic rings. The highest BCUT2D eigenvalue weighted by Crippen LogP contribution is 2.28. The van der Waals surface area contributed by atoms with Gasteiger partial charge in [-0.25, -0.2) is 9.37 Å². The van der Waals surface area contributed by atoms with E-state index in [0.717, 1.165) is 24.1 Å². The Kier molecular flexibility index (Phi) is 5.36. The predicted octanol–water partition coefficient (Wildman–Crippen LogP) is 4.91. The molecule has 2 rings (SSSR count). The highest BCUT2D eigenvalue weighted by molar-refractivity contribution is 7.09. The van der Waals surface area contributed by atoms with Crippen LogP contribution < -0.4 is 5.32 Å². The Morgan fingerprint density at radius 2 is 2.14 bits per heavy atom. The molecular weight excluding hydrogens is 307 g/mol. The number of aryl methyl sites for hydroxylation is 1. The molecule has 21 heavy (non-hydrogen) atoms. The molecule has 0 spiro atoms. The second-order valence-corrected chi connectivity index (χ2v) is 6.94. The lowest BCUT2D eigenvalue weighted by molar-refractivity contribution is 0.398. The van der Waals surface area contributed by atoms with Crippen molar-refractivity contribution >= 4 is 22.9 Å². The van der Waals surface area contributed by atoms with Crippen LogP contribution in [-0.4, -0.2) is 4.98 Å². The number of benzene rings is 1. The zero-order chi connectivity index (χ0) is 15.5. The Labute approximate surface area is 134 Å². The molecule has 0 saturated carbocycles. The molecule has 0 aliphatic rings. The van der Waals surface area contributed by atoms with Crippen molar-refractivity contribution in [2.75, 3.05) is 0 Å². The highest BCUT2D eigenvalue weighted by Gasteiger charge is 2.23. The summed E-state index contributed by atoms with van der Waals surface area (Å²) < 4.78 is 13.1. The fourth-order valence-electron chi connectivity index (χ4n) is 2.16. The predicted molar refractivity (Wildman–Crippen MR) is 87.4 cm³/mol. The standard InChI is InChI=1S/C16H20ClFN2S/c1-4-5-15-20-12(10-21-15)9-19-16(2,3)13-7-6-11(18)8-14(13)17/h6-8,10,19H,4-5,9H2,1-3H3. The van der Waals surface area contributed by atoms with E-state index < -0.39 is 0 Å². The molecule has 1 aromatic heterocycles. The first kappa shape index (κ1) is 16.4. The Morgan fingerprint density at radius 1 is 1.38 bits per heavy atom. The van der Waals surface area contributed by atoms with Gasteiger partial charge in [0.15, 0.2) is 0 Å². The number of rotatable bonds is 6. The number of hydrogen-bond donors (Lipinski definition) is 1. The van der Waals surface area contributed by atoms with Crippen molar-refractivity contribution in [3.63, 3.8) is 0 Å². The van der Waals surface area contributed by atoms with E-state index in [1.807, 2.05) is 13.8 Å². The number of hydrogen-bond acceptors (Lipinski definition) is 3. The maximum atomic E-state index is 13.1. The van der Waals surface area contributed by atoms with E-state index in [-0.39, 0.29) is 11.4 Å². The number of nitrogens with zero attached hydrogens (tertiary/aromatic N) is 1. The van der Waals surface area contributed by atoms with Gasteiger partial charge in [-0.05, 0) is 44.4 Å². The fraction of sp³-hybridized carbons (Fsp3) is 0.438. The van der Waals surface area contributed by atoms with Gasteiger partial charge in [0.1, 0.15) is 5.82 Å². The van der Waals surface area contributed by atoms with Crippen molar-refractivity contribution in [2.24, 2.45) is 0 Å². The monoisotopic (exact) mass is 326 g/mol. The largest absolute Gasteiger partial charge is 0.302 e. The molecule has 0 amide bonds. The lowest BCUT2D eigenvalue weighted by Gasteiger charge is -2.27. The molecule has 0 aliphatic heterocycles. The van der Waals surface area contributed by atoms with Gasteiger partial charge in [-0.3, -0.25) is 0 Å². The third-order valence-corrected chi connectivity index (χ3v) is 4.65. The van der Waals surface area contributed by atoms with Crippen LogP contribution in [-0.2, 0) is 18.5 Å². The zero-order valence-electron chi connectivity index (χ0n) is 12.5. The Morgan fingerprint density at radius 3 is 2.81 bits per heavy atom. The molecule has 0 fully saturated rings. The van der Waals surface area contributed by atoms with Crippen LogP contribution in [0.2, 0.25) is 5.02 Å². The Bertz CT molecular complexity index is 610. The van der Waals surface area contributed by atoms with Crippen molar-refractivity contribution in [1.82, 2.24) is 10.3 Å². The molecule has 0 saturated heterocycles. The van der Waals surface area contributed by atoms with Gasteiger partial charge < -0.3 is 5.32 Å². The maximum absolute atomic E-state index is 13.1. The summed E-state index contributed by atoms with van der Waals surface area (Å²) in [5.41, 5.74) is 1.57. The number of thiazole rings is 1. The van der Waals surface area contributed by atoms with Crippen LogP contribution in [0.15, 0.2) is 23.6 Å². The molecule has 0 bridgehead atoms. The smallest absolute Gasteiger partial charge is 0.124 e. The quantitative estimate of drug-likeness (QED) is 0.815. The van der Waals surface area contributed by atoms with Crippen LogP contribution in [0.4, 0.5) is 4.39 Å². The van der Waals surface area contributed by atoms with Gasteiger partial charge in [-0.2, -0.15) is 0 Å². The van der Waals surface area contributed by atoms with Gasteiger partial charge in [-0.15, -0.1) is 11.3 Å². The molecule has 0 aliphatic carbocycles. The van der Waals surface area contributed by atoms with E-state index in [4.69, 9.17) is 11.6 Å². The van der Waals surface area contributed by atoms with Crippen molar-refractivity contribution in [3.8, 4) is 0 Å². The van der Waals surface area contributed by atoms with Gasteiger partial charge in [0, 0.05) is 22.5 Å². The third-order valence-electron chi connectivity index (χ3n) is 3.38. The fourth-order valence-corrected chi connectivity index (χ4v) is 3.47. The maximum Gasteiger partial charge on any atom is 0.124 e. The minimum absolute atomic E-state index is 0.316. The van der Waals surface area contributed by atoms with Crippen LogP contribution in [0, 0.1) is 5.82 Å². The molecule has 0 radical (unpaired) electrons. The van der Waals surface area contributed by atoms with E-state index >= 15 is 0 Å². The van der Waals surface area contributed by atoms with Crippen LogP contribution in [0.3, 0.4) is 0 Å². The van der Waals surface area contributed by atoms with Crippen LogP contribution in [0.25, 0.3) is 0 Å². The molecule has 1 aromatic carbocycles. The van der Waals surface area contributed by atoms with Crippen LogP contribution in [0.5, 0.6) is 0 Å². The number of halogens is 2. The first-order chi connectivity index (χ1) is 9.92. The molecular formula is C16H20ClFN2S. The van der Waals surface area contributed by atoms with Crippen molar-refractivity contribution < 1.29 is 4.39 Å². The zero-order valence-corrected chi connectivity index (χ0v) is 14.1. The SMILES string of the molecule is CCCc1nc(CNC(C)(C)c2ccc(F)cc2Cl)cs1. The third kappa shape index (κ3) is 4.25. The summed E-state index contributed by atoms with van der Waals surface area (Å²) in [6.07, 6.45) is 2.13. The molecule has 0 atom stereocenters.